The summed E-state index contributed by atoms with van der Waals surface area (Å²) in [5.41, 5.74) is 0.710. The van der Waals surface area contributed by atoms with Crippen LogP contribution in [0.25, 0.3) is 0 Å². The van der Waals surface area contributed by atoms with Gasteiger partial charge in [-0.25, -0.2) is 4.39 Å². The van der Waals surface area contributed by atoms with Crippen molar-refractivity contribution in [1.29, 1.82) is 0 Å². The lowest BCUT2D eigenvalue weighted by Crippen LogP contribution is -2.41. The summed E-state index contributed by atoms with van der Waals surface area (Å²) in [7, 11) is 1.56. The average molecular weight is 350 g/mol. The molecule has 0 radical (unpaired) electrons. The molecule has 5 nitrogen and oxygen atoms in total. The Hall–Kier alpha value is -2.25. The fraction of sp³-hybridized carbons (Fsp3) is 0.294. The smallest absolute Gasteiger partial charge is 0.309 e. The third-order valence-corrected chi connectivity index (χ3v) is 4.48. The number of hydrogen-bond acceptors (Lipinski definition) is 4. The van der Waals surface area contributed by atoms with Crippen molar-refractivity contribution in [2.24, 2.45) is 0 Å². The fourth-order valence-electron chi connectivity index (χ4n) is 2.06. The van der Waals surface area contributed by atoms with Crippen molar-refractivity contribution < 1.29 is 18.7 Å². The standard InChI is InChI=1S/C17H19FN2O3S/c1-11-3-8-15(24-11)14(23-2)10-20-17(22)16(21)19-9-12-4-6-13(18)7-5-12/h3-8,14H,9-10H2,1-2H3,(H,19,21)(H,20,22). The van der Waals surface area contributed by atoms with Crippen molar-refractivity contribution >= 4 is 23.2 Å². The molecule has 24 heavy (non-hydrogen) atoms. The maximum absolute atomic E-state index is 12.8. The predicted molar refractivity (Wildman–Crippen MR) is 90.1 cm³/mol. The van der Waals surface area contributed by atoms with Gasteiger partial charge in [-0.1, -0.05) is 12.1 Å². The van der Waals surface area contributed by atoms with Crippen molar-refractivity contribution in [3.63, 3.8) is 0 Å². The maximum atomic E-state index is 12.8. The molecule has 1 heterocycles. The number of carbonyl (C=O) groups is 2. The molecule has 0 aliphatic rings. The van der Waals surface area contributed by atoms with Crippen LogP contribution in [-0.4, -0.2) is 25.5 Å². The van der Waals surface area contributed by atoms with Crippen molar-refractivity contribution in [2.75, 3.05) is 13.7 Å². The summed E-state index contributed by atoms with van der Waals surface area (Å²) in [4.78, 5) is 25.8. The van der Waals surface area contributed by atoms with Crippen LogP contribution >= 0.6 is 11.3 Å². The number of amides is 2. The van der Waals surface area contributed by atoms with Crippen LogP contribution in [0.1, 0.15) is 21.4 Å². The maximum Gasteiger partial charge on any atom is 0.309 e. The number of benzene rings is 1. The monoisotopic (exact) mass is 350 g/mol. The predicted octanol–water partition coefficient (Wildman–Crippen LogP) is 2.32. The van der Waals surface area contributed by atoms with Crippen LogP contribution in [0.5, 0.6) is 0 Å². The second-order valence-electron chi connectivity index (χ2n) is 5.19. The lowest BCUT2D eigenvalue weighted by atomic mass is 10.2. The minimum atomic E-state index is -0.739. The Kier molecular flexibility index (Phi) is 6.45. The topological polar surface area (TPSA) is 67.4 Å². The van der Waals surface area contributed by atoms with Gasteiger partial charge < -0.3 is 15.4 Å². The van der Waals surface area contributed by atoms with E-state index in [2.05, 4.69) is 10.6 Å². The van der Waals surface area contributed by atoms with E-state index in [0.29, 0.717) is 5.56 Å². The minimum absolute atomic E-state index is 0.157. The molecule has 7 heteroatoms. The number of thiophene rings is 1. The van der Waals surface area contributed by atoms with Gasteiger partial charge in [0, 0.05) is 30.0 Å². The Labute approximate surface area is 143 Å². The molecule has 2 N–H and O–H groups in total. The summed E-state index contributed by atoms with van der Waals surface area (Å²) in [5.74, 6) is -1.82. The van der Waals surface area contributed by atoms with Gasteiger partial charge in [-0.3, -0.25) is 9.59 Å². The second-order valence-corrected chi connectivity index (χ2v) is 6.51. The van der Waals surface area contributed by atoms with Crippen molar-refractivity contribution in [1.82, 2.24) is 10.6 Å². The summed E-state index contributed by atoms with van der Waals surface area (Å²) in [6, 6.07) is 9.61. The summed E-state index contributed by atoms with van der Waals surface area (Å²) >= 11 is 1.58. The highest BCUT2D eigenvalue weighted by atomic mass is 32.1. The molecule has 0 aliphatic carbocycles. The van der Waals surface area contributed by atoms with E-state index in [1.807, 2.05) is 19.1 Å². The van der Waals surface area contributed by atoms with Gasteiger partial charge in [0.05, 0.1) is 0 Å². The van der Waals surface area contributed by atoms with Gasteiger partial charge in [0.2, 0.25) is 0 Å². The Balaban J connectivity index is 1.80. The zero-order valence-electron chi connectivity index (χ0n) is 13.5. The number of nitrogens with one attached hydrogen (secondary N) is 2. The molecule has 0 fully saturated rings. The summed E-state index contributed by atoms with van der Waals surface area (Å²) in [5, 5.41) is 5.05. The van der Waals surface area contributed by atoms with E-state index in [1.165, 1.54) is 12.1 Å². The first kappa shape index (κ1) is 18.1. The Bertz CT molecular complexity index is 700. The molecule has 1 aromatic heterocycles. The van der Waals surface area contributed by atoms with E-state index in [0.717, 1.165) is 9.75 Å². The number of rotatable bonds is 6. The summed E-state index contributed by atoms with van der Waals surface area (Å²) < 4.78 is 18.2. The molecule has 0 saturated carbocycles. The van der Waals surface area contributed by atoms with E-state index >= 15 is 0 Å². The van der Waals surface area contributed by atoms with Gasteiger partial charge in [0.15, 0.2) is 0 Å². The SMILES string of the molecule is COC(CNC(=O)C(=O)NCc1ccc(F)cc1)c1ccc(C)s1. The van der Waals surface area contributed by atoms with E-state index < -0.39 is 11.8 Å². The highest BCUT2D eigenvalue weighted by molar-refractivity contribution is 7.12. The number of methoxy groups -OCH3 is 1. The van der Waals surface area contributed by atoms with Crippen LogP contribution in [0, 0.1) is 12.7 Å². The molecule has 128 valence electrons. The third kappa shape index (κ3) is 5.14. The number of halogens is 1. The van der Waals surface area contributed by atoms with Gasteiger partial charge in [-0.2, -0.15) is 0 Å². The van der Waals surface area contributed by atoms with Crippen molar-refractivity contribution in [2.45, 2.75) is 19.6 Å². The molecule has 2 rings (SSSR count). The van der Waals surface area contributed by atoms with Gasteiger partial charge in [0.1, 0.15) is 11.9 Å². The normalized spacial score (nSPS) is 11.8. The molecule has 0 spiro atoms. The first-order valence-electron chi connectivity index (χ1n) is 7.39. The molecule has 0 bridgehead atoms. The zero-order valence-corrected chi connectivity index (χ0v) is 14.3. The lowest BCUT2D eigenvalue weighted by molar-refractivity contribution is -0.139. The van der Waals surface area contributed by atoms with Crippen molar-refractivity contribution in [3.05, 3.63) is 57.5 Å². The number of aryl methyl sites for hydroxylation is 1. The van der Waals surface area contributed by atoms with Crippen LogP contribution < -0.4 is 10.6 Å². The molecule has 1 atom stereocenters. The van der Waals surface area contributed by atoms with Gasteiger partial charge >= 0.3 is 11.8 Å². The van der Waals surface area contributed by atoms with Gasteiger partial charge in [-0.15, -0.1) is 11.3 Å². The van der Waals surface area contributed by atoms with Crippen LogP contribution in [0.4, 0.5) is 4.39 Å². The van der Waals surface area contributed by atoms with E-state index in [4.69, 9.17) is 4.74 Å². The first-order valence-corrected chi connectivity index (χ1v) is 8.21. The summed E-state index contributed by atoms with van der Waals surface area (Å²) in [6.07, 6.45) is -0.294. The summed E-state index contributed by atoms with van der Waals surface area (Å²) in [6.45, 7) is 2.35. The Morgan fingerprint density at radius 1 is 1.12 bits per heavy atom. The largest absolute Gasteiger partial charge is 0.374 e. The average Bonchev–Trinajstić information content (AvgIpc) is 3.00. The van der Waals surface area contributed by atoms with Crippen molar-refractivity contribution in [3.8, 4) is 0 Å². The molecular formula is C17H19FN2O3S. The molecule has 2 aromatic rings. The molecule has 1 unspecified atom stereocenters. The quantitative estimate of drug-likeness (QED) is 0.786. The molecule has 2 amide bonds. The van der Waals surface area contributed by atoms with E-state index in [9.17, 15) is 14.0 Å². The van der Waals surface area contributed by atoms with Crippen LogP contribution in [0.3, 0.4) is 0 Å². The van der Waals surface area contributed by atoms with E-state index in [-0.39, 0.29) is 25.0 Å². The first-order chi connectivity index (χ1) is 11.5. The lowest BCUT2D eigenvalue weighted by Gasteiger charge is -2.14. The van der Waals surface area contributed by atoms with Crippen LogP contribution in [0.15, 0.2) is 36.4 Å². The molecular weight excluding hydrogens is 331 g/mol. The van der Waals surface area contributed by atoms with Crippen LogP contribution in [0.2, 0.25) is 0 Å². The zero-order chi connectivity index (χ0) is 17.5. The second kappa shape index (κ2) is 8.56. The van der Waals surface area contributed by atoms with Gasteiger partial charge in [-0.05, 0) is 36.8 Å². The fourth-order valence-corrected chi connectivity index (χ4v) is 3.01. The highest BCUT2D eigenvalue weighted by Gasteiger charge is 2.17. The number of hydrogen-bond donors (Lipinski definition) is 2. The Morgan fingerprint density at radius 3 is 2.38 bits per heavy atom. The minimum Gasteiger partial charge on any atom is -0.374 e. The van der Waals surface area contributed by atoms with Gasteiger partial charge in [0.25, 0.3) is 0 Å². The Morgan fingerprint density at radius 2 is 1.79 bits per heavy atom. The van der Waals surface area contributed by atoms with Crippen LogP contribution in [-0.2, 0) is 20.9 Å². The molecule has 1 aromatic carbocycles. The molecule has 0 aliphatic heterocycles. The molecule has 0 saturated heterocycles. The number of carbonyl (C=O) groups excluding carboxylic acids is 2. The third-order valence-electron chi connectivity index (χ3n) is 3.38. The van der Waals surface area contributed by atoms with E-state index in [1.54, 1.807) is 30.6 Å². The highest BCUT2D eigenvalue weighted by Crippen LogP contribution is 2.24. The number of ether oxygens (including phenoxy) is 1.